The van der Waals surface area contributed by atoms with E-state index in [0.29, 0.717) is 12.6 Å². The molecule has 18 heavy (non-hydrogen) atoms. The third-order valence-electron chi connectivity index (χ3n) is 4.23. The topological polar surface area (TPSA) is 41.1 Å². The predicted molar refractivity (Wildman–Crippen MR) is 73.5 cm³/mol. The average molecular weight is 264 g/mol. The fourth-order valence-electron chi connectivity index (χ4n) is 3.23. The van der Waals surface area contributed by atoms with Crippen LogP contribution < -0.4 is 10.6 Å². The maximum Gasteiger partial charge on any atom is 0.237 e. The van der Waals surface area contributed by atoms with Crippen LogP contribution in [0.3, 0.4) is 0 Å². The first kappa shape index (κ1) is 12.2. The Bertz CT molecular complexity index is 390. The smallest absolute Gasteiger partial charge is 0.237 e. The molecule has 4 heteroatoms. The van der Waals surface area contributed by atoms with Crippen LogP contribution in [0.25, 0.3) is 0 Å². The van der Waals surface area contributed by atoms with Gasteiger partial charge < -0.3 is 10.6 Å². The molecule has 1 aromatic heterocycles. The van der Waals surface area contributed by atoms with Crippen molar-refractivity contribution in [2.45, 2.75) is 50.7 Å². The second-order valence-electron chi connectivity index (χ2n) is 5.46. The van der Waals surface area contributed by atoms with Crippen LogP contribution in [-0.2, 0) is 11.3 Å². The molecule has 0 spiro atoms. The highest BCUT2D eigenvalue weighted by Crippen LogP contribution is 2.33. The number of fused-ring (bicyclic) bond motifs is 1. The molecule has 0 aromatic carbocycles. The minimum atomic E-state index is 0.0386. The Morgan fingerprint density at radius 1 is 1.44 bits per heavy atom. The van der Waals surface area contributed by atoms with E-state index in [2.05, 4.69) is 22.1 Å². The number of hydrogen-bond acceptors (Lipinski definition) is 3. The van der Waals surface area contributed by atoms with Crippen LogP contribution >= 0.6 is 11.3 Å². The molecule has 1 aromatic rings. The van der Waals surface area contributed by atoms with E-state index in [9.17, 15) is 4.79 Å². The number of rotatable bonds is 3. The van der Waals surface area contributed by atoms with E-state index < -0.39 is 0 Å². The summed E-state index contributed by atoms with van der Waals surface area (Å²) in [7, 11) is 0. The molecule has 3 unspecified atom stereocenters. The van der Waals surface area contributed by atoms with Gasteiger partial charge in [0.25, 0.3) is 0 Å². The Hall–Kier alpha value is -0.870. The number of hydrogen-bond donors (Lipinski definition) is 2. The molecule has 1 aliphatic carbocycles. The maximum absolute atomic E-state index is 12.1. The van der Waals surface area contributed by atoms with E-state index in [0.717, 1.165) is 12.3 Å². The zero-order valence-electron chi connectivity index (χ0n) is 10.5. The van der Waals surface area contributed by atoms with E-state index >= 15 is 0 Å². The monoisotopic (exact) mass is 264 g/mol. The Morgan fingerprint density at radius 2 is 2.33 bits per heavy atom. The summed E-state index contributed by atoms with van der Waals surface area (Å²) in [5.41, 5.74) is 1.20. The van der Waals surface area contributed by atoms with Crippen LogP contribution in [0.4, 0.5) is 0 Å². The Balaban J connectivity index is 1.51. The predicted octanol–water partition coefficient (Wildman–Crippen LogP) is 2.28. The van der Waals surface area contributed by atoms with Crippen molar-refractivity contribution in [3.8, 4) is 0 Å². The number of thiophene rings is 1. The second-order valence-corrected chi connectivity index (χ2v) is 6.24. The lowest BCUT2D eigenvalue weighted by molar-refractivity contribution is -0.123. The molecule has 3 atom stereocenters. The van der Waals surface area contributed by atoms with Gasteiger partial charge in [-0.25, -0.2) is 0 Å². The highest BCUT2D eigenvalue weighted by molar-refractivity contribution is 7.07. The van der Waals surface area contributed by atoms with Crippen molar-refractivity contribution in [2.75, 3.05) is 0 Å². The number of carbonyl (C=O) groups excluding carboxylic acids is 1. The lowest BCUT2D eigenvalue weighted by Gasteiger charge is -2.24. The SMILES string of the molecule is O=C(NCc1ccsc1)C1CC2CCCCC2N1. The van der Waals surface area contributed by atoms with E-state index in [1.54, 1.807) is 11.3 Å². The van der Waals surface area contributed by atoms with Gasteiger partial charge in [-0.05, 0) is 47.6 Å². The Morgan fingerprint density at radius 3 is 3.11 bits per heavy atom. The van der Waals surface area contributed by atoms with Crippen LogP contribution in [0, 0.1) is 5.92 Å². The third-order valence-corrected chi connectivity index (χ3v) is 4.96. The van der Waals surface area contributed by atoms with Crippen LogP contribution in [0.1, 0.15) is 37.7 Å². The molecule has 98 valence electrons. The fraction of sp³-hybridized carbons (Fsp3) is 0.643. The van der Waals surface area contributed by atoms with Gasteiger partial charge >= 0.3 is 0 Å². The molecule has 2 N–H and O–H groups in total. The van der Waals surface area contributed by atoms with Crippen molar-refractivity contribution in [3.05, 3.63) is 22.4 Å². The summed E-state index contributed by atoms with van der Waals surface area (Å²) in [6, 6.07) is 2.69. The summed E-state index contributed by atoms with van der Waals surface area (Å²) >= 11 is 1.67. The maximum atomic E-state index is 12.1. The minimum absolute atomic E-state index is 0.0386. The zero-order valence-corrected chi connectivity index (χ0v) is 11.3. The van der Waals surface area contributed by atoms with Gasteiger partial charge in [-0.15, -0.1) is 0 Å². The molecule has 1 aliphatic heterocycles. The van der Waals surface area contributed by atoms with Gasteiger partial charge in [0, 0.05) is 12.6 Å². The van der Waals surface area contributed by atoms with Crippen LogP contribution in [0.2, 0.25) is 0 Å². The first-order chi connectivity index (χ1) is 8.83. The molecule has 1 saturated carbocycles. The van der Waals surface area contributed by atoms with Crippen molar-refractivity contribution < 1.29 is 4.79 Å². The molecular formula is C14H20N2OS. The molecular weight excluding hydrogens is 244 g/mol. The summed E-state index contributed by atoms with van der Waals surface area (Å²) in [4.78, 5) is 12.1. The van der Waals surface area contributed by atoms with Crippen molar-refractivity contribution in [3.63, 3.8) is 0 Å². The summed E-state index contributed by atoms with van der Waals surface area (Å²) in [5, 5.41) is 10.7. The highest BCUT2D eigenvalue weighted by Gasteiger charge is 2.37. The lowest BCUT2D eigenvalue weighted by atomic mass is 9.85. The first-order valence-electron chi connectivity index (χ1n) is 6.88. The van der Waals surface area contributed by atoms with Crippen LogP contribution in [0.15, 0.2) is 16.8 Å². The van der Waals surface area contributed by atoms with Gasteiger partial charge in [-0.2, -0.15) is 11.3 Å². The quantitative estimate of drug-likeness (QED) is 0.879. The molecule has 1 saturated heterocycles. The molecule has 3 nitrogen and oxygen atoms in total. The molecule has 0 bridgehead atoms. The zero-order chi connectivity index (χ0) is 12.4. The highest BCUT2D eigenvalue weighted by atomic mass is 32.1. The van der Waals surface area contributed by atoms with Gasteiger partial charge in [0.15, 0.2) is 0 Å². The van der Waals surface area contributed by atoms with Crippen molar-refractivity contribution >= 4 is 17.2 Å². The second kappa shape index (κ2) is 5.41. The largest absolute Gasteiger partial charge is 0.351 e. The number of amides is 1. The van der Waals surface area contributed by atoms with E-state index in [1.807, 2.05) is 5.38 Å². The molecule has 2 fully saturated rings. The first-order valence-corrected chi connectivity index (χ1v) is 7.82. The lowest BCUT2D eigenvalue weighted by Crippen LogP contribution is -2.42. The van der Waals surface area contributed by atoms with Gasteiger partial charge in [0.2, 0.25) is 5.91 Å². The molecule has 2 heterocycles. The average Bonchev–Trinajstić information content (AvgIpc) is 3.04. The summed E-state index contributed by atoms with van der Waals surface area (Å²) < 4.78 is 0. The molecule has 1 amide bonds. The summed E-state index contributed by atoms with van der Waals surface area (Å²) in [6.45, 7) is 0.663. The van der Waals surface area contributed by atoms with E-state index in [4.69, 9.17) is 0 Å². The normalized spacial score (nSPS) is 31.0. The number of carbonyl (C=O) groups is 1. The fourth-order valence-corrected chi connectivity index (χ4v) is 3.90. The Kier molecular flexibility index (Phi) is 3.66. The minimum Gasteiger partial charge on any atom is -0.351 e. The van der Waals surface area contributed by atoms with Crippen LogP contribution in [0.5, 0.6) is 0 Å². The molecule has 0 radical (unpaired) electrons. The van der Waals surface area contributed by atoms with Gasteiger partial charge in [-0.1, -0.05) is 12.8 Å². The summed E-state index contributed by atoms with van der Waals surface area (Å²) in [5.74, 6) is 0.909. The Labute approximate surface area is 112 Å². The molecule has 3 rings (SSSR count). The standard InChI is InChI=1S/C14H20N2OS/c17-14(15-8-10-5-6-18-9-10)13-7-11-3-1-2-4-12(11)16-13/h5-6,9,11-13,16H,1-4,7-8H2,(H,15,17). The van der Waals surface area contributed by atoms with Gasteiger partial charge in [0.05, 0.1) is 6.04 Å². The number of nitrogens with one attached hydrogen (secondary N) is 2. The van der Waals surface area contributed by atoms with E-state index in [1.165, 1.54) is 31.2 Å². The van der Waals surface area contributed by atoms with Crippen molar-refractivity contribution in [2.24, 2.45) is 5.92 Å². The van der Waals surface area contributed by atoms with Crippen LogP contribution in [-0.4, -0.2) is 18.0 Å². The van der Waals surface area contributed by atoms with Gasteiger partial charge in [0.1, 0.15) is 0 Å². The third kappa shape index (κ3) is 2.59. The van der Waals surface area contributed by atoms with Crippen molar-refractivity contribution in [1.29, 1.82) is 0 Å². The summed E-state index contributed by atoms with van der Waals surface area (Å²) in [6.07, 6.45) is 6.23. The van der Waals surface area contributed by atoms with Gasteiger partial charge in [-0.3, -0.25) is 4.79 Å². The van der Waals surface area contributed by atoms with E-state index in [-0.39, 0.29) is 11.9 Å². The molecule has 2 aliphatic rings. The van der Waals surface area contributed by atoms with Crippen molar-refractivity contribution in [1.82, 2.24) is 10.6 Å².